The number of para-hydroxylation sites is 2. The number of furan rings is 1. The predicted molar refractivity (Wildman–Crippen MR) is 216 cm³/mol. The third kappa shape index (κ3) is 4.44. The van der Waals surface area contributed by atoms with Crippen LogP contribution < -0.4 is 5.32 Å². The van der Waals surface area contributed by atoms with Crippen molar-refractivity contribution < 1.29 is 4.42 Å². The van der Waals surface area contributed by atoms with Gasteiger partial charge in [0.05, 0.1) is 22.4 Å². The number of aromatic nitrogens is 1. The van der Waals surface area contributed by atoms with E-state index in [4.69, 9.17) is 9.41 Å². The first-order chi connectivity index (χ1) is 25.8. The van der Waals surface area contributed by atoms with Crippen LogP contribution in [-0.2, 0) is 0 Å². The first kappa shape index (κ1) is 28.9. The highest BCUT2D eigenvalue weighted by atomic mass is 16.3. The van der Waals surface area contributed by atoms with E-state index < -0.39 is 0 Å². The summed E-state index contributed by atoms with van der Waals surface area (Å²) < 4.78 is 9.26. The predicted octanol–water partition coefficient (Wildman–Crippen LogP) is 12.1. The minimum Gasteiger partial charge on any atom is -0.454 e. The highest BCUT2D eigenvalue weighted by molar-refractivity contribution is 6.17. The molecule has 0 saturated carbocycles. The van der Waals surface area contributed by atoms with E-state index in [2.05, 4.69) is 180 Å². The average Bonchev–Trinajstić information content (AvgIpc) is 3.76. The van der Waals surface area contributed by atoms with E-state index in [0.717, 1.165) is 66.8 Å². The first-order valence-corrected chi connectivity index (χ1v) is 17.7. The molecule has 1 aliphatic rings. The van der Waals surface area contributed by atoms with Crippen LogP contribution in [0.4, 0.5) is 0 Å². The average molecular weight is 666 g/mol. The van der Waals surface area contributed by atoms with E-state index >= 15 is 0 Å². The van der Waals surface area contributed by atoms with Crippen LogP contribution in [0.15, 0.2) is 185 Å². The number of fused-ring (bicyclic) bond motifs is 8. The number of hydrogen-bond acceptors (Lipinski definition) is 3. The number of nitrogens with zero attached hydrogens (tertiary/aromatic N) is 2. The minimum atomic E-state index is -0.360. The SMILES string of the molecule is C1=C(c2ccccc2)NC(c2ccc(-n3c4ccccc4c4cc5ccccc5cc43)c3oc4ccccc4c23)N=C1c1ccc2ccccc2c1. The molecule has 1 N–H and O–H groups in total. The fraction of sp³-hybridized carbons (Fsp3) is 0.0208. The van der Waals surface area contributed by atoms with Crippen LogP contribution in [-0.4, -0.2) is 10.3 Å². The number of benzene rings is 8. The van der Waals surface area contributed by atoms with Gasteiger partial charge in [-0.05, 0) is 69.6 Å². The van der Waals surface area contributed by atoms with Gasteiger partial charge in [0, 0.05) is 38.4 Å². The largest absolute Gasteiger partial charge is 0.454 e. The van der Waals surface area contributed by atoms with Crippen molar-refractivity contribution in [2.75, 3.05) is 0 Å². The Morgan fingerprint density at radius 1 is 0.519 bits per heavy atom. The molecule has 1 atom stereocenters. The molecule has 2 aromatic heterocycles. The van der Waals surface area contributed by atoms with E-state index in [1.807, 2.05) is 6.07 Å². The molecule has 0 aliphatic carbocycles. The summed E-state index contributed by atoms with van der Waals surface area (Å²) in [6, 6.07) is 60.3. The van der Waals surface area contributed by atoms with Gasteiger partial charge in [-0.1, -0.05) is 133 Å². The smallest absolute Gasteiger partial charge is 0.159 e. The molecule has 8 aromatic carbocycles. The Morgan fingerprint density at radius 3 is 2.06 bits per heavy atom. The van der Waals surface area contributed by atoms with E-state index in [1.165, 1.54) is 32.3 Å². The van der Waals surface area contributed by atoms with Crippen molar-refractivity contribution >= 4 is 76.7 Å². The summed E-state index contributed by atoms with van der Waals surface area (Å²) in [5.41, 5.74) is 10.2. The highest BCUT2D eigenvalue weighted by Gasteiger charge is 2.26. The van der Waals surface area contributed by atoms with Crippen LogP contribution in [0.5, 0.6) is 0 Å². The number of allylic oxidation sites excluding steroid dienone is 1. The Hall–Kier alpha value is -6.91. The molecule has 0 fully saturated rings. The van der Waals surface area contributed by atoms with Crippen molar-refractivity contribution in [2.24, 2.45) is 4.99 Å². The minimum absolute atomic E-state index is 0.360. The molecule has 0 bridgehead atoms. The third-order valence-electron chi connectivity index (χ3n) is 10.6. The van der Waals surface area contributed by atoms with Crippen LogP contribution in [0.2, 0.25) is 0 Å². The van der Waals surface area contributed by atoms with E-state index in [-0.39, 0.29) is 6.17 Å². The summed E-state index contributed by atoms with van der Waals surface area (Å²) in [7, 11) is 0. The molecular formula is C48H31N3O. The van der Waals surface area contributed by atoms with Crippen LogP contribution in [0.3, 0.4) is 0 Å². The molecule has 1 aliphatic heterocycles. The second-order valence-electron chi connectivity index (χ2n) is 13.6. The Kier molecular flexibility index (Phi) is 6.28. The van der Waals surface area contributed by atoms with Gasteiger partial charge in [0.15, 0.2) is 5.58 Å². The molecule has 4 nitrogen and oxygen atoms in total. The normalized spacial score (nSPS) is 14.7. The molecule has 11 rings (SSSR count). The number of rotatable bonds is 4. The quantitative estimate of drug-likeness (QED) is 0.203. The third-order valence-corrected chi connectivity index (χ3v) is 10.6. The Morgan fingerprint density at radius 2 is 1.21 bits per heavy atom. The van der Waals surface area contributed by atoms with Crippen molar-refractivity contribution in [1.82, 2.24) is 9.88 Å². The Bertz CT molecular complexity index is 3110. The summed E-state index contributed by atoms with van der Waals surface area (Å²) in [4.78, 5) is 5.45. The van der Waals surface area contributed by atoms with Crippen molar-refractivity contribution in [2.45, 2.75) is 6.17 Å². The summed E-state index contributed by atoms with van der Waals surface area (Å²) in [6.07, 6.45) is 1.82. The van der Waals surface area contributed by atoms with Crippen LogP contribution in [0.1, 0.15) is 22.9 Å². The van der Waals surface area contributed by atoms with Gasteiger partial charge < -0.3 is 14.3 Å². The fourth-order valence-electron chi connectivity index (χ4n) is 8.13. The molecule has 244 valence electrons. The Balaban J connectivity index is 1.17. The maximum Gasteiger partial charge on any atom is 0.159 e. The lowest BCUT2D eigenvalue weighted by atomic mass is 9.98. The number of aliphatic imine (C=N–C) groups is 1. The molecule has 52 heavy (non-hydrogen) atoms. The lowest BCUT2D eigenvalue weighted by molar-refractivity contribution is 0.656. The van der Waals surface area contributed by atoms with Crippen molar-refractivity contribution in [3.63, 3.8) is 0 Å². The molecule has 3 heterocycles. The number of nitrogens with one attached hydrogen (secondary N) is 1. The molecule has 10 aromatic rings. The molecule has 0 saturated heterocycles. The summed E-state index contributed by atoms with van der Waals surface area (Å²) in [6.45, 7) is 0. The molecule has 1 unspecified atom stereocenters. The summed E-state index contributed by atoms with van der Waals surface area (Å²) in [5, 5.41) is 13.2. The second kappa shape index (κ2) is 11.3. The van der Waals surface area contributed by atoms with Gasteiger partial charge in [-0.25, -0.2) is 0 Å². The maximum atomic E-state index is 6.88. The van der Waals surface area contributed by atoms with Crippen molar-refractivity contribution in [1.29, 1.82) is 0 Å². The van der Waals surface area contributed by atoms with Crippen LogP contribution >= 0.6 is 0 Å². The van der Waals surface area contributed by atoms with Crippen molar-refractivity contribution in [3.05, 3.63) is 193 Å². The van der Waals surface area contributed by atoms with Gasteiger partial charge in [-0.2, -0.15) is 0 Å². The van der Waals surface area contributed by atoms with E-state index in [9.17, 15) is 0 Å². The highest BCUT2D eigenvalue weighted by Crippen LogP contribution is 2.42. The monoisotopic (exact) mass is 665 g/mol. The molecule has 0 amide bonds. The van der Waals surface area contributed by atoms with Gasteiger partial charge in [-0.15, -0.1) is 0 Å². The number of hydrogen-bond donors (Lipinski definition) is 1. The van der Waals surface area contributed by atoms with Crippen LogP contribution in [0, 0.1) is 0 Å². The van der Waals surface area contributed by atoms with Gasteiger partial charge in [0.25, 0.3) is 0 Å². The molecule has 0 radical (unpaired) electrons. The fourth-order valence-corrected chi connectivity index (χ4v) is 8.13. The summed E-state index contributed by atoms with van der Waals surface area (Å²) >= 11 is 0. The standard InChI is InChI=1S/C48H31N3O/c1-2-13-31(14-3-1)40-29-41(35-23-22-30-12-4-5-15-32(30)26-35)50-48(49-40)38-24-25-43(47-46(38)37-19-9-11-21-45(37)52-47)51-42-20-10-8-18-36(42)39-27-33-16-6-7-17-34(33)28-44(39)51/h1-29,48-49H. The molecule has 4 heteroatoms. The zero-order chi connectivity index (χ0) is 34.2. The van der Waals surface area contributed by atoms with Gasteiger partial charge in [0.1, 0.15) is 11.7 Å². The van der Waals surface area contributed by atoms with Crippen LogP contribution in [0.25, 0.3) is 76.7 Å². The summed E-state index contributed by atoms with van der Waals surface area (Å²) in [5.74, 6) is 0. The lowest BCUT2D eigenvalue weighted by Gasteiger charge is -2.26. The molecular weight excluding hydrogens is 635 g/mol. The first-order valence-electron chi connectivity index (χ1n) is 17.7. The van der Waals surface area contributed by atoms with E-state index in [1.54, 1.807) is 0 Å². The van der Waals surface area contributed by atoms with Gasteiger partial charge >= 0.3 is 0 Å². The lowest BCUT2D eigenvalue weighted by Crippen LogP contribution is -2.25. The Labute approximate surface area is 299 Å². The van der Waals surface area contributed by atoms with Gasteiger partial charge in [0.2, 0.25) is 0 Å². The molecule has 0 spiro atoms. The maximum absolute atomic E-state index is 6.88. The van der Waals surface area contributed by atoms with E-state index in [0.29, 0.717) is 0 Å². The topological polar surface area (TPSA) is 42.5 Å². The van der Waals surface area contributed by atoms with Crippen molar-refractivity contribution in [3.8, 4) is 5.69 Å². The second-order valence-corrected chi connectivity index (χ2v) is 13.6. The zero-order valence-electron chi connectivity index (χ0n) is 28.1. The van der Waals surface area contributed by atoms with Gasteiger partial charge in [-0.3, -0.25) is 4.99 Å². The zero-order valence-corrected chi connectivity index (χ0v) is 28.1.